The molecule has 1 aromatic carbocycles. The van der Waals surface area contributed by atoms with Crippen molar-refractivity contribution >= 4 is 11.8 Å². The van der Waals surface area contributed by atoms with Crippen molar-refractivity contribution in [3.63, 3.8) is 0 Å². The maximum atomic E-state index is 12.9. The van der Waals surface area contributed by atoms with Crippen LogP contribution in [0.2, 0.25) is 0 Å². The molecule has 1 saturated heterocycles. The maximum absolute atomic E-state index is 12.9. The van der Waals surface area contributed by atoms with Gasteiger partial charge in [-0.3, -0.25) is 9.59 Å². The number of hydrogen-bond acceptors (Lipinski definition) is 4. The Morgan fingerprint density at radius 1 is 1.26 bits per heavy atom. The van der Waals surface area contributed by atoms with Crippen LogP contribution >= 0.6 is 0 Å². The van der Waals surface area contributed by atoms with Crippen LogP contribution in [0.15, 0.2) is 24.3 Å². The van der Waals surface area contributed by atoms with Gasteiger partial charge in [-0.05, 0) is 54.8 Å². The molecule has 1 aliphatic heterocycles. The van der Waals surface area contributed by atoms with Crippen LogP contribution in [0.5, 0.6) is 5.75 Å². The number of piperidine rings is 1. The number of carbonyl (C=O) groups excluding carboxylic acids is 2. The highest BCUT2D eigenvalue weighted by Crippen LogP contribution is 2.40. The molecule has 2 unspecified atom stereocenters. The molecule has 172 valence electrons. The zero-order chi connectivity index (χ0) is 22.4. The molecule has 0 radical (unpaired) electrons. The van der Waals surface area contributed by atoms with Gasteiger partial charge >= 0.3 is 0 Å². The van der Waals surface area contributed by atoms with E-state index in [4.69, 9.17) is 0 Å². The number of nitrogens with zero attached hydrogens (tertiary/aromatic N) is 2. The number of nitrogens with one attached hydrogen (secondary N) is 1. The lowest BCUT2D eigenvalue weighted by Gasteiger charge is -2.46. The van der Waals surface area contributed by atoms with Crippen molar-refractivity contribution in [2.45, 2.75) is 70.3 Å². The van der Waals surface area contributed by atoms with Gasteiger partial charge < -0.3 is 20.2 Å². The maximum Gasteiger partial charge on any atom is 0.232 e. The number of likely N-dealkylation sites (tertiary alicyclic amines) is 1. The van der Waals surface area contributed by atoms with Gasteiger partial charge in [0.1, 0.15) is 12.2 Å². The third-order valence-corrected chi connectivity index (χ3v) is 7.66. The number of carbonyl (C=O) groups is 2. The number of aromatic hydroxyl groups is 1. The lowest BCUT2D eigenvalue weighted by Crippen LogP contribution is -2.51. The molecule has 2 atom stereocenters. The molecule has 1 aromatic rings. The van der Waals surface area contributed by atoms with E-state index in [2.05, 4.69) is 30.1 Å². The lowest BCUT2D eigenvalue weighted by atomic mass is 9.68. The average Bonchev–Trinajstić information content (AvgIpc) is 2.77. The number of rotatable bonds is 7. The van der Waals surface area contributed by atoms with Crippen molar-refractivity contribution in [2.75, 3.05) is 33.2 Å². The first-order valence-corrected chi connectivity index (χ1v) is 11.9. The Bertz CT molecular complexity index is 762. The number of amides is 2. The Balaban J connectivity index is 1.61. The molecule has 2 N–H and O–H groups in total. The summed E-state index contributed by atoms with van der Waals surface area (Å²) in [6, 6.07) is 7.94. The second-order valence-electron chi connectivity index (χ2n) is 9.65. The first-order valence-electron chi connectivity index (χ1n) is 11.9. The monoisotopic (exact) mass is 429 g/mol. The molecule has 6 heteroatoms. The topological polar surface area (TPSA) is 72.9 Å². The zero-order valence-electron chi connectivity index (χ0n) is 19.4. The molecule has 2 fully saturated rings. The summed E-state index contributed by atoms with van der Waals surface area (Å²) in [5.74, 6) is 0.513. The Morgan fingerprint density at radius 3 is 2.65 bits per heavy atom. The minimum absolute atomic E-state index is 0.0351. The quantitative estimate of drug-likeness (QED) is 0.653. The summed E-state index contributed by atoms with van der Waals surface area (Å²) in [5, 5.41) is 12.5. The van der Waals surface area contributed by atoms with E-state index in [0.717, 1.165) is 51.7 Å². The molecule has 6 nitrogen and oxygen atoms in total. The summed E-state index contributed by atoms with van der Waals surface area (Å²) in [7, 11) is 1.58. The normalized spacial score (nSPS) is 25.2. The van der Waals surface area contributed by atoms with Crippen molar-refractivity contribution in [1.82, 2.24) is 15.1 Å². The van der Waals surface area contributed by atoms with Crippen LogP contribution in [0.1, 0.15) is 64.4 Å². The first kappa shape index (κ1) is 23.6. The van der Waals surface area contributed by atoms with E-state index < -0.39 is 0 Å². The standard InChI is InChI=1S/C25H39N3O3/c1-19-18-27(13-12-25(19,2)20-8-7-11-22(29)16-20)14-15-28(21-9-5-4-6-10-21)24(31)17-23(30)26-3/h7-8,11,16,19,21,29H,4-6,9-10,12-15,17-18H2,1-3H3,(H,26,30). The molecule has 31 heavy (non-hydrogen) atoms. The van der Waals surface area contributed by atoms with Gasteiger partial charge in [-0.1, -0.05) is 45.2 Å². The molecular formula is C25H39N3O3. The van der Waals surface area contributed by atoms with Gasteiger partial charge in [0, 0.05) is 32.7 Å². The van der Waals surface area contributed by atoms with Gasteiger partial charge in [0.2, 0.25) is 11.8 Å². The minimum atomic E-state index is -0.209. The van der Waals surface area contributed by atoms with E-state index in [0.29, 0.717) is 18.2 Å². The largest absolute Gasteiger partial charge is 0.508 e. The van der Waals surface area contributed by atoms with E-state index in [-0.39, 0.29) is 29.7 Å². The van der Waals surface area contributed by atoms with E-state index in [1.54, 1.807) is 13.1 Å². The van der Waals surface area contributed by atoms with E-state index in [1.165, 1.54) is 12.0 Å². The summed E-state index contributed by atoms with van der Waals surface area (Å²) >= 11 is 0. The SMILES string of the molecule is CNC(=O)CC(=O)N(CCN1CCC(C)(c2cccc(O)c2)C(C)C1)C1CCCCC1. The van der Waals surface area contributed by atoms with Gasteiger partial charge in [-0.2, -0.15) is 0 Å². The number of phenolic OH excluding ortho intramolecular Hbond substituents is 1. The van der Waals surface area contributed by atoms with Crippen LogP contribution in [0, 0.1) is 5.92 Å². The second kappa shape index (κ2) is 10.5. The van der Waals surface area contributed by atoms with Crippen LogP contribution in [0.4, 0.5) is 0 Å². The summed E-state index contributed by atoms with van der Waals surface area (Å²) in [6.07, 6.45) is 6.63. The molecule has 0 aromatic heterocycles. The van der Waals surface area contributed by atoms with Crippen LogP contribution in [-0.4, -0.2) is 66.0 Å². The Morgan fingerprint density at radius 2 is 2.00 bits per heavy atom. The molecule has 0 bridgehead atoms. The van der Waals surface area contributed by atoms with Crippen molar-refractivity contribution < 1.29 is 14.7 Å². The van der Waals surface area contributed by atoms with Crippen molar-refractivity contribution in [3.8, 4) is 5.75 Å². The van der Waals surface area contributed by atoms with Gasteiger partial charge in [0.15, 0.2) is 0 Å². The number of hydrogen-bond donors (Lipinski definition) is 2. The average molecular weight is 430 g/mol. The number of phenols is 1. The highest BCUT2D eigenvalue weighted by atomic mass is 16.3. The molecule has 2 amide bonds. The molecule has 1 aliphatic carbocycles. The molecular weight excluding hydrogens is 390 g/mol. The van der Waals surface area contributed by atoms with Crippen molar-refractivity contribution in [3.05, 3.63) is 29.8 Å². The van der Waals surface area contributed by atoms with Gasteiger partial charge in [0.25, 0.3) is 0 Å². The molecule has 2 aliphatic rings. The summed E-state index contributed by atoms with van der Waals surface area (Å²) in [4.78, 5) is 29.1. The van der Waals surface area contributed by atoms with Gasteiger partial charge in [-0.15, -0.1) is 0 Å². The van der Waals surface area contributed by atoms with Crippen LogP contribution < -0.4 is 5.32 Å². The summed E-state index contributed by atoms with van der Waals surface area (Å²) in [6.45, 7) is 8.05. The summed E-state index contributed by atoms with van der Waals surface area (Å²) in [5.41, 5.74) is 1.23. The predicted molar refractivity (Wildman–Crippen MR) is 123 cm³/mol. The van der Waals surface area contributed by atoms with Gasteiger partial charge in [0.05, 0.1) is 0 Å². The van der Waals surface area contributed by atoms with Crippen LogP contribution in [0.25, 0.3) is 0 Å². The minimum Gasteiger partial charge on any atom is -0.508 e. The predicted octanol–water partition coefficient (Wildman–Crippen LogP) is 3.29. The highest BCUT2D eigenvalue weighted by Gasteiger charge is 2.38. The van der Waals surface area contributed by atoms with E-state index in [9.17, 15) is 14.7 Å². The summed E-state index contributed by atoms with van der Waals surface area (Å²) < 4.78 is 0. The molecule has 1 heterocycles. The van der Waals surface area contributed by atoms with Gasteiger partial charge in [-0.25, -0.2) is 0 Å². The Hall–Kier alpha value is -2.08. The Kier molecular flexibility index (Phi) is 7.98. The fourth-order valence-electron chi connectivity index (χ4n) is 5.29. The second-order valence-corrected chi connectivity index (χ2v) is 9.65. The molecule has 3 rings (SSSR count). The van der Waals surface area contributed by atoms with E-state index in [1.807, 2.05) is 17.0 Å². The lowest BCUT2D eigenvalue weighted by molar-refractivity contribution is -0.138. The fourth-order valence-corrected chi connectivity index (χ4v) is 5.29. The molecule has 0 spiro atoms. The van der Waals surface area contributed by atoms with Crippen LogP contribution in [0.3, 0.4) is 0 Å². The van der Waals surface area contributed by atoms with Crippen molar-refractivity contribution in [2.24, 2.45) is 5.92 Å². The highest BCUT2D eigenvalue weighted by molar-refractivity contribution is 5.96. The van der Waals surface area contributed by atoms with Crippen LogP contribution in [-0.2, 0) is 15.0 Å². The smallest absolute Gasteiger partial charge is 0.232 e. The number of benzene rings is 1. The fraction of sp³-hybridized carbons (Fsp3) is 0.680. The van der Waals surface area contributed by atoms with Crippen molar-refractivity contribution in [1.29, 1.82) is 0 Å². The Labute approximate surface area is 187 Å². The van der Waals surface area contributed by atoms with E-state index >= 15 is 0 Å². The zero-order valence-corrected chi connectivity index (χ0v) is 19.4. The molecule has 1 saturated carbocycles. The third-order valence-electron chi connectivity index (χ3n) is 7.66. The first-order chi connectivity index (χ1) is 14.8. The third kappa shape index (κ3) is 5.79.